The van der Waals surface area contributed by atoms with Crippen LogP contribution in [0.1, 0.15) is 0 Å². The van der Waals surface area contributed by atoms with Gasteiger partial charge in [-0.3, -0.25) is 19.9 Å². The molecule has 19 rings (SSSR count). The van der Waals surface area contributed by atoms with Gasteiger partial charge in [0.1, 0.15) is 0 Å². The van der Waals surface area contributed by atoms with Crippen molar-refractivity contribution in [1.29, 1.82) is 0 Å². The molecule has 0 N–H and O–H groups in total. The van der Waals surface area contributed by atoms with E-state index in [-0.39, 0.29) is 0 Å². The summed E-state index contributed by atoms with van der Waals surface area (Å²) in [5.41, 5.74) is 25.5. The molecule has 0 unspecified atom stereocenters. The summed E-state index contributed by atoms with van der Waals surface area (Å²) in [7, 11) is 0. The molecule has 0 aliphatic heterocycles. The molecule has 98 heavy (non-hydrogen) atoms. The molecular weight excluding hydrogens is 1200 g/mol. The number of nitrogens with zero attached hydrogens (tertiary/aromatic N) is 10. The van der Waals surface area contributed by atoms with Crippen LogP contribution in [0.25, 0.3) is 188 Å². The predicted molar refractivity (Wildman–Crippen MR) is 400 cm³/mol. The Labute approximate surface area is 563 Å². The Morgan fingerprint density at radius 1 is 0.163 bits per heavy atom. The molecule has 0 aliphatic carbocycles. The van der Waals surface area contributed by atoms with Crippen LogP contribution in [-0.4, -0.2) is 49.8 Å². The van der Waals surface area contributed by atoms with E-state index in [4.69, 9.17) is 29.9 Å². The van der Waals surface area contributed by atoms with Crippen LogP contribution in [0, 0.1) is 0 Å². The summed E-state index contributed by atoms with van der Waals surface area (Å²) in [5.74, 6) is 0. The molecular formula is C88H54N10. The number of hydrogen-bond donors (Lipinski definition) is 0. The number of rotatable bonds is 9. The maximum Gasteiger partial charge on any atom is 0.0972 e. The Hall–Kier alpha value is -13.4. The van der Waals surface area contributed by atoms with Crippen molar-refractivity contribution in [2.75, 3.05) is 0 Å². The van der Waals surface area contributed by atoms with Crippen LogP contribution in [0.15, 0.2) is 328 Å². The highest BCUT2D eigenvalue weighted by molar-refractivity contribution is 6.08. The molecule has 0 bridgehead atoms. The van der Waals surface area contributed by atoms with Gasteiger partial charge in [-0.25, -0.2) is 29.9 Å². The fourth-order valence-electron chi connectivity index (χ4n) is 13.2. The van der Waals surface area contributed by atoms with E-state index in [2.05, 4.69) is 250 Å². The van der Waals surface area contributed by atoms with E-state index < -0.39 is 0 Å². The lowest BCUT2D eigenvalue weighted by molar-refractivity contribution is 1.28. The molecule has 0 radical (unpaired) electrons. The molecule has 0 amide bonds. The minimum Gasteiger partial charge on any atom is -0.255 e. The van der Waals surface area contributed by atoms with Crippen molar-refractivity contribution >= 4 is 87.2 Å². The SMILES string of the molecule is c1ccc(-c2ccc3ccc(-c4ccc5ccc(-c6ccc(-c7ccnc8c7ccc7cccnc78)cc6)cc5n4)cc3n2)nc1.c1ccc(-c2ccc3ccc4ccc(-c5ccc(-c6ccc7ccc(-c8ccc9ccc(-c%10ccccn%10)nc9c8)nc7c6)cc5)nc4c3n2)cc1. The summed E-state index contributed by atoms with van der Waals surface area (Å²) in [6.07, 6.45) is 7.28. The standard InChI is InChI=1S/C47H29N5.C41H25N5/c1-2-6-31(7-3-1)39-24-21-35-15-16-36-22-25-40(52-47(36)46(35)51-39)32-11-9-30(10-12-32)37-17-13-33-19-23-41(49-44(33)28-37)38-18-14-34-20-26-43(50-45(34)29-38)42-8-4-5-27-48-42;1-2-21-42-36(5-1)37-19-16-29-11-13-32(25-39(29)46-37)35-18-15-28-10-12-31(24-38(28)45-35)26-6-8-27(9-7-26)33-20-23-44-41-34(33)17-14-30-4-3-22-43-40(30)41/h1-29H;1-25H. The first-order valence-electron chi connectivity index (χ1n) is 32.6. The van der Waals surface area contributed by atoms with Gasteiger partial charge in [0.15, 0.2) is 0 Å². The van der Waals surface area contributed by atoms with Crippen molar-refractivity contribution in [2.24, 2.45) is 0 Å². The molecule has 0 saturated carbocycles. The normalized spacial score (nSPS) is 11.5. The van der Waals surface area contributed by atoms with E-state index in [9.17, 15) is 0 Å². The Morgan fingerprint density at radius 2 is 0.520 bits per heavy atom. The van der Waals surface area contributed by atoms with Crippen molar-refractivity contribution in [3.05, 3.63) is 328 Å². The van der Waals surface area contributed by atoms with Gasteiger partial charge in [0.05, 0.1) is 89.7 Å². The van der Waals surface area contributed by atoms with Crippen LogP contribution in [0.2, 0.25) is 0 Å². The third-order valence-electron chi connectivity index (χ3n) is 18.3. The maximum absolute atomic E-state index is 5.15. The Morgan fingerprint density at radius 3 is 1.03 bits per heavy atom. The van der Waals surface area contributed by atoms with Crippen molar-refractivity contribution in [3.8, 4) is 101 Å². The van der Waals surface area contributed by atoms with E-state index in [0.29, 0.717) is 0 Å². The highest BCUT2D eigenvalue weighted by Gasteiger charge is 2.15. The molecule has 10 heterocycles. The van der Waals surface area contributed by atoms with Crippen LogP contribution < -0.4 is 0 Å². The average Bonchev–Trinajstić information content (AvgIpc) is 0.852. The summed E-state index contributed by atoms with van der Waals surface area (Å²) >= 11 is 0. The first kappa shape index (κ1) is 57.2. The van der Waals surface area contributed by atoms with Crippen LogP contribution >= 0.6 is 0 Å². The van der Waals surface area contributed by atoms with Gasteiger partial charge in [-0.15, -0.1) is 0 Å². The molecule has 10 nitrogen and oxygen atoms in total. The lowest BCUT2D eigenvalue weighted by Crippen LogP contribution is -1.91. The minimum atomic E-state index is 0.853. The molecule has 19 aromatic rings. The topological polar surface area (TPSA) is 129 Å². The second kappa shape index (κ2) is 24.5. The van der Waals surface area contributed by atoms with E-state index >= 15 is 0 Å². The molecule has 0 aliphatic rings. The molecule has 0 atom stereocenters. The summed E-state index contributed by atoms with van der Waals surface area (Å²) in [6.45, 7) is 0. The molecule has 10 aromatic heterocycles. The molecule has 9 aromatic carbocycles. The van der Waals surface area contributed by atoms with Crippen LogP contribution in [-0.2, 0) is 0 Å². The number of hydrogen-bond acceptors (Lipinski definition) is 10. The smallest absolute Gasteiger partial charge is 0.0972 e. The number of pyridine rings is 10. The first-order chi connectivity index (χ1) is 48.5. The van der Waals surface area contributed by atoms with Gasteiger partial charge in [-0.05, 0) is 130 Å². The Kier molecular flexibility index (Phi) is 14.3. The molecule has 456 valence electrons. The molecule has 0 saturated heterocycles. The van der Waals surface area contributed by atoms with E-state index in [1.54, 1.807) is 12.4 Å². The van der Waals surface area contributed by atoms with Gasteiger partial charge in [0.2, 0.25) is 0 Å². The van der Waals surface area contributed by atoms with E-state index in [1.165, 1.54) is 0 Å². The number of aromatic nitrogens is 10. The zero-order chi connectivity index (χ0) is 64.9. The monoisotopic (exact) mass is 1250 g/mol. The lowest BCUT2D eigenvalue weighted by atomic mass is 9.97. The predicted octanol–water partition coefficient (Wildman–Crippen LogP) is 21.6. The quantitative estimate of drug-likeness (QED) is 0.129. The lowest BCUT2D eigenvalue weighted by Gasteiger charge is -2.10. The molecule has 0 fully saturated rings. The van der Waals surface area contributed by atoms with Crippen molar-refractivity contribution in [2.45, 2.75) is 0 Å². The second-order valence-corrected chi connectivity index (χ2v) is 24.4. The maximum atomic E-state index is 5.15. The number of fused-ring (bicyclic) bond motifs is 10. The first-order valence-corrected chi connectivity index (χ1v) is 32.6. The Bertz CT molecular complexity index is 6290. The van der Waals surface area contributed by atoms with Gasteiger partial charge in [-0.1, -0.05) is 206 Å². The van der Waals surface area contributed by atoms with Crippen molar-refractivity contribution in [1.82, 2.24) is 49.8 Å². The van der Waals surface area contributed by atoms with Gasteiger partial charge >= 0.3 is 0 Å². The Balaban J connectivity index is 0.000000143. The van der Waals surface area contributed by atoms with Crippen molar-refractivity contribution in [3.63, 3.8) is 0 Å². The fraction of sp³-hybridized carbons (Fsp3) is 0. The summed E-state index contributed by atoms with van der Waals surface area (Å²) in [6, 6.07) is 105. The van der Waals surface area contributed by atoms with Crippen LogP contribution in [0.4, 0.5) is 0 Å². The molecule has 0 spiro atoms. The second-order valence-electron chi connectivity index (χ2n) is 24.4. The largest absolute Gasteiger partial charge is 0.255 e. The minimum absolute atomic E-state index is 0.853. The average molecular weight is 1250 g/mol. The summed E-state index contributed by atoms with van der Waals surface area (Å²) in [5, 5.41) is 8.70. The third kappa shape index (κ3) is 11.0. The zero-order valence-corrected chi connectivity index (χ0v) is 52.6. The highest BCUT2D eigenvalue weighted by Crippen LogP contribution is 2.37. The van der Waals surface area contributed by atoms with Gasteiger partial charge in [0.25, 0.3) is 0 Å². The van der Waals surface area contributed by atoms with Gasteiger partial charge in [0, 0.05) is 90.1 Å². The summed E-state index contributed by atoms with van der Waals surface area (Å²) in [4.78, 5) is 48.5. The third-order valence-corrected chi connectivity index (χ3v) is 18.3. The van der Waals surface area contributed by atoms with E-state index in [0.717, 1.165) is 188 Å². The van der Waals surface area contributed by atoms with Crippen LogP contribution in [0.3, 0.4) is 0 Å². The zero-order valence-electron chi connectivity index (χ0n) is 52.6. The number of benzene rings is 9. The fourth-order valence-corrected chi connectivity index (χ4v) is 13.2. The van der Waals surface area contributed by atoms with E-state index in [1.807, 2.05) is 85.2 Å². The van der Waals surface area contributed by atoms with Crippen molar-refractivity contribution < 1.29 is 0 Å². The summed E-state index contributed by atoms with van der Waals surface area (Å²) < 4.78 is 0. The highest BCUT2D eigenvalue weighted by atomic mass is 14.8. The molecule has 10 heteroatoms. The van der Waals surface area contributed by atoms with Gasteiger partial charge < -0.3 is 0 Å². The van der Waals surface area contributed by atoms with Crippen LogP contribution in [0.5, 0.6) is 0 Å². The van der Waals surface area contributed by atoms with Gasteiger partial charge in [-0.2, -0.15) is 0 Å².